The van der Waals surface area contributed by atoms with Gasteiger partial charge in [0.1, 0.15) is 0 Å². The van der Waals surface area contributed by atoms with Crippen LogP contribution >= 0.6 is 0 Å². The van der Waals surface area contributed by atoms with Crippen molar-refractivity contribution in [3.05, 3.63) is 97.2 Å². The zero-order valence-electron chi connectivity index (χ0n) is 32.4. The van der Waals surface area contributed by atoms with Crippen molar-refractivity contribution in [3.8, 4) is 0 Å². The summed E-state index contributed by atoms with van der Waals surface area (Å²) in [5, 5.41) is 22.8. The Bertz CT molecular complexity index is 968. The number of hydrogen-bond acceptors (Lipinski definition) is 3. The first-order valence-electron chi connectivity index (χ1n) is 20.5. The summed E-state index contributed by atoms with van der Waals surface area (Å²) < 4.78 is 0. The van der Waals surface area contributed by atoms with Gasteiger partial charge < -0.3 is 15.5 Å². The van der Waals surface area contributed by atoms with Crippen LogP contribution in [0.3, 0.4) is 0 Å². The van der Waals surface area contributed by atoms with Crippen molar-refractivity contribution in [2.45, 2.75) is 180 Å². The van der Waals surface area contributed by atoms with E-state index in [9.17, 15) is 15.0 Å². The number of unbranched alkanes of at least 4 members (excludes halogenated alkanes) is 14. The van der Waals surface area contributed by atoms with Gasteiger partial charge in [0.2, 0.25) is 5.91 Å². The molecule has 0 aliphatic carbocycles. The fourth-order valence-electron chi connectivity index (χ4n) is 5.43. The van der Waals surface area contributed by atoms with E-state index >= 15 is 0 Å². The van der Waals surface area contributed by atoms with E-state index in [1.54, 1.807) is 6.08 Å². The van der Waals surface area contributed by atoms with Crippen molar-refractivity contribution in [1.82, 2.24) is 5.32 Å². The predicted molar refractivity (Wildman–Crippen MR) is 220 cm³/mol. The van der Waals surface area contributed by atoms with Crippen molar-refractivity contribution in [2.75, 3.05) is 6.61 Å². The zero-order valence-corrected chi connectivity index (χ0v) is 32.4. The Labute approximate surface area is 309 Å². The average Bonchev–Trinajstić information content (AvgIpc) is 3.12. The maximum atomic E-state index is 12.3. The Morgan fingerprint density at radius 3 is 1.40 bits per heavy atom. The highest BCUT2D eigenvalue weighted by Gasteiger charge is 2.17. The fraction of sp³-hybridized carbons (Fsp3) is 0.630. The highest BCUT2D eigenvalue weighted by atomic mass is 16.3. The van der Waals surface area contributed by atoms with Crippen LogP contribution in [0.15, 0.2) is 97.2 Å². The Kier molecular flexibility index (Phi) is 38.5. The molecule has 0 aromatic carbocycles. The van der Waals surface area contributed by atoms with Crippen molar-refractivity contribution in [2.24, 2.45) is 0 Å². The Balaban J connectivity index is 3.61. The maximum absolute atomic E-state index is 12.3. The lowest BCUT2D eigenvalue weighted by molar-refractivity contribution is -0.123. The van der Waals surface area contributed by atoms with Gasteiger partial charge in [0.15, 0.2) is 0 Å². The summed E-state index contributed by atoms with van der Waals surface area (Å²) in [7, 11) is 0. The lowest BCUT2D eigenvalue weighted by Gasteiger charge is -2.19. The van der Waals surface area contributed by atoms with E-state index in [0.29, 0.717) is 6.42 Å². The average molecular weight is 692 g/mol. The number of nitrogens with one attached hydrogen (secondary N) is 1. The lowest BCUT2D eigenvalue weighted by atomic mass is 10.0. The minimum atomic E-state index is -0.867. The molecule has 3 N–H and O–H groups in total. The van der Waals surface area contributed by atoms with Crippen molar-refractivity contribution < 1.29 is 15.0 Å². The summed E-state index contributed by atoms with van der Waals surface area (Å²) >= 11 is 0. The van der Waals surface area contributed by atoms with Crippen LogP contribution in [-0.4, -0.2) is 34.9 Å². The van der Waals surface area contributed by atoms with Gasteiger partial charge in [-0.05, 0) is 83.5 Å². The third-order valence-electron chi connectivity index (χ3n) is 8.55. The molecule has 50 heavy (non-hydrogen) atoms. The van der Waals surface area contributed by atoms with Crippen LogP contribution < -0.4 is 5.32 Å². The van der Waals surface area contributed by atoms with E-state index in [-0.39, 0.29) is 12.5 Å². The van der Waals surface area contributed by atoms with E-state index in [1.165, 1.54) is 70.6 Å². The second kappa shape index (κ2) is 40.7. The molecule has 284 valence electrons. The predicted octanol–water partition coefficient (Wildman–Crippen LogP) is 12.7. The first kappa shape index (κ1) is 47.3. The smallest absolute Gasteiger partial charge is 0.220 e. The lowest BCUT2D eigenvalue weighted by Crippen LogP contribution is -2.45. The Hall–Kier alpha value is -2.69. The molecule has 0 saturated heterocycles. The number of hydrogen-bond donors (Lipinski definition) is 3. The van der Waals surface area contributed by atoms with Gasteiger partial charge in [-0.3, -0.25) is 4.79 Å². The molecule has 0 aromatic rings. The minimum Gasteiger partial charge on any atom is -0.394 e. The van der Waals surface area contributed by atoms with Crippen LogP contribution in [0.4, 0.5) is 0 Å². The van der Waals surface area contributed by atoms with Crippen LogP contribution in [0.1, 0.15) is 168 Å². The summed E-state index contributed by atoms with van der Waals surface area (Å²) in [5.41, 5.74) is 0. The SMILES string of the molecule is CC/C=C\C/C=C\C/C=C\C/C=C\C/C=C\C/C=C\CCCCCCCCCCCCC(=O)NC(CO)C(O)/C=C/CC/C=C/CCCCC. The molecule has 0 radical (unpaired) electrons. The fourth-order valence-corrected chi connectivity index (χ4v) is 5.43. The monoisotopic (exact) mass is 692 g/mol. The molecule has 1 amide bonds. The molecule has 4 nitrogen and oxygen atoms in total. The van der Waals surface area contributed by atoms with Gasteiger partial charge in [0.25, 0.3) is 0 Å². The molecule has 0 fully saturated rings. The van der Waals surface area contributed by atoms with Gasteiger partial charge >= 0.3 is 0 Å². The van der Waals surface area contributed by atoms with Gasteiger partial charge in [-0.2, -0.15) is 0 Å². The number of rotatable bonds is 35. The summed E-state index contributed by atoms with van der Waals surface area (Å²) in [5.74, 6) is -0.0875. The number of allylic oxidation sites excluding steroid dienone is 15. The number of carbonyl (C=O) groups excluding carboxylic acids is 1. The molecule has 2 atom stereocenters. The van der Waals surface area contributed by atoms with Crippen molar-refractivity contribution in [3.63, 3.8) is 0 Å². The summed E-state index contributed by atoms with van der Waals surface area (Å²) in [4.78, 5) is 12.3. The van der Waals surface area contributed by atoms with Gasteiger partial charge in [-0.25, -0.2) is 0 Å². The van der Waals surface area contributed by atoms with Crippen LogP contribution in [0.25, 0.3) is 0 Å². The van der Waals surface area contributed by atoms with E-state index in [2.05, 4.69) is 104 Å². The van der Waals surface area contributed by atoms with Crippen LogP contribution in [0.2, 0.25) is 0 Å². The van der Waals surface area contributed by atoms with Gasteiger partial charge in [0, 0.05) is 6.42 Å². The number of carbonyl (C=O) groups is 1. The molecule has 2 unspecified atom stereocenters. The highest BCUT2D eigenvalue weighted by molar-refractivity contribution is 5.76. The van der Waals surface area contributed by atoms with Gasteiger partial charge in [-0.1, -0.05) is 175 Å². The molecule has 0 rings (SSSR count). The first-order valence-corrected chi connectivity index (χ1v) is 20.5. The molecule has 0 saturated carbocycles. The van der Waals surface area contributed by atoms with Gasteiger partial charge in [-0.15, -0.1) is 0 Å². The number of aliphatic hydroxyl groups excluding tert-OH is 2. The van der Waals surface area contributed by atoms with Gasteiger partial charge in [0.05, 0.1) is 18.8 Å². The molecule has 0 heterocycles. The minimum absolute atomic E-state index is 0.0875. The van der Waals surface area contributed by atoms with Crippen molar-refractivity contribution in [1.29, 1.82) is 0 Å². The summed E-state index contributed by atoms with van der Waals surface area (Å²) in [6.07, 6.45) is 60.9. The summed E-state index contributed by atoms with van der Waals surface area (Å²) in [6.45, 7) is 4.11. The van der Waals surface area contributed by atoms with Crippen LogP contribution in [0, 0.1) is 0 Å². The number of aliphatic hydroxyl groups is 2. The molecule has 0 aromatic heterocycles. The molecule has 0 aliphatic rings. The van der Waals surface area contributed by atoms with E-state index < -0.39 is 12.1 Å². The van der Waals surface area contributed by atoms with E-state index in [4.69, 9.17) is 0 Å². The van der Waals surface area contributed by atoms with Crippen LogP contribution in [0.5, 0.6) is 0 Å². The topological polar surface area (TPSA) is 69.6 Å². The van der Waals surface area contributed by atoms with Crippen LogP contribution in [-0.2, 0) is 4.79 Å². The Morgan fingerprint density at radius 1 is 0.500 bits per heavy atom. The first-order chi connectivity index (χ1) is 24.7. The standard InChI is InChI=1S/C46H77NO3/c1-3-5-7-9-11-13-14-15-16-17-18-19-20-21-22-23-24-25-26-27-28-29-30-31-32-34-36-38-40-42-46(50)47-44(43-48)45(49)41-39-37-35-33-12-10-8-6-4-2/h5,7,11-13,15-16,18-19,21-22,24-25,33,39,41,44-45,48-49H,3-4,6,8-10,14,17,20,23,26-32,34-38,40,42-43H2,1-2H3,(H,47,50)/b7-5-,13-11-,16-15-,19-18-,22-21-,25-24-,33-12+,41-39+. The van der Waals surface area contributed by atoms with E-state index in [1.807, 2.05) is 6.08 Å². The molecule has 0 aliphatic heterocycles. The van der Waals surface area contributed by atoms with Crippen molar-refractivity contribution >= 4 is 5.91 Å². The third kappa shape index (κ3) is 36.6. The molecular formula is C46H77NO3. The second-order valence-electron chi connectivity index (χ2n) is 13.3. The highest BCUT2D eigenvalue weighted by Crippen LogP contribution is 2.13. The largest absolute Gasteiger partial charge is 0.394 e. The number of amides is 1. The third-order valence-corrected chi connectivity index (χ3v) is 8.55. The molecule has 4 heteroatoms. The quantitative estimate of drug-likeness (QED) is 0.0458. The molecular weight excluding hydrogens is 615 g/mol. The Morgan fingerprint density at radius 2 is 0.900 bits per heavy atom. The van der Waals surface area contributed by atoms with E-state index in [0.717, 1.165) is 77.0 Å². The zero-order chi connectivity index (χ0) is 36.4. The normalized spacial score (nSPS) is 14.1. The second-order valence-corrected chi connectivity index (χ2v) is 13.3. The maximum Gasteiger partial charge on any atom is 0.220 e. The molecule has 0 spiro atoms. The summed E-state index contributed by atoms with van der Waals surface area (Å²) in [6, 6.07) is -0.644. The molecule has 0 bridgehead atoms.